The molecule has 3 atom stereocenters. The summed E-state index contributed by atoms with van der Waals surface area (Å²) in [6.07, 6.45) is 1.05. The highest BCUT2D eigenvalue weighted by atomic mass is 19.1. The first-order chi connectivity index (χ1) is 12.8. The number of nitrogens with one attached hydrogen (secondary N) is 1. The number of benzene rings is 1. The number of carboxylic acids is 1. The fourth-order valence-corrected chi connectivity index (χ4v) is 3.78. The Hall–Kier alpha value is -2.64. The highest BCUT2D eigenvalue weighted by Gasteiger charge is 2.36. The number of nitrogens with zero attached hydrogens (tertiary/aromatic N) is 2. The summed E-state index contributed by atoms with van der Waals surface area (Å²) in [5.74, 6) is -1.88. The van der Waals surface area contributed by atoms with E-state index in [0.29, 0.717) is 32.5 Å². The lowest BCUT2D eigenvalue weighted by molar-refractivity contribution is -0.143. The van der Waals surface area contributed by atoms with Crippen molar-refractivity contribution in [2.24, 2.45) is 11.8 Å². The molecule has 0 saturated carbocycles. The van der Waals surface area contributed by atoms with Crippen LogP contribution in [0.3, 0.4) is 0 Å². The molecule has 0 aliphatic carbocycles. The molecule has 8 heteroatoms. The molecule has 2 N–H and O–H groups in total. The molecule has 3 unspecified atom stereocenters. The van der Waals surface area contributed by atoms with Crippen molar-refractivity contribution in [2.75, 3.05) is 19.6 Å². The number of hydrogen-bond acceptors (Lipinski definition) is 3. The summed E-state index contributed by atoms with van der Waals surface area (Å²) in [7, 11) is 0. The maximum absolute atomic E-state index is 13.0. The minimum absolute atomic E-state index is 0.0971. The van der Waals surface area contributed by atoms with Crippen LogP contribution in [-0.4, -0.2) is 58.5 Å². The number of carbonyl (C=O) groups excluding carboxylic acids is 2. The number of hydrogen-bond donors (Lipinski definition) is 2. The molecule has 3 amide bonds. The van der Waals surface area contributed by atoms with E-state index in [1.165, 1.54) is 17.0 Å². The topological polar surface area (TPSA) is 89.9 Å². The second-order valence-corrected chi connectivity index (χ2v) is 7.46. The van der Waals surface area contributed by atoms with Gasteiger partial charge in [-0.3, -0.25) is 9.59 Å². The van der Waals surface area contributed by atoms with Crippen LogP contribution in [-0.2, 0) is 16.1 Å². The first-order valence-electron chi connectivity index (χ1n) is 9.15. The molecule has 0 bridgehead atoms. The van der Waals surface area contributed by atoms with Crippen molar-refractivity contribution in [2.45, 2.75) is 32.4 Å². The molecule has 146 valence electrons. The van der Waals surface area contributed by atoms with Crippen LogP contribution >= 0.6 is 0 Å². The summed E-state index contributed by atoms with van der Waals surface area (Å²) in [6, 6.07) is 4.97. The van der Waals surface area contributed by atoms with Crippen molar-refractivity contribution in [3.63, 3.8) is 0 Å². The van der Waals surface area contributed by atoms with Gasteiger partial charge in [0.05, 0.1) is 5.92 Å². The average Bonchev–Trinajstić information content (AvgIpc) is 2.96. The van der Waals surface area contributed by atoms with Crippen molar-refractivity contribution in [1.29, 1.82) is 0 Å². The Morgan fingerprint density at radius 1 is 1.26 bits per heavy atom. The van der Waals surface area contributed by atoms with E-state index in [9.17, 15) is 23.9 Å². The van der Waals surface area contributed by atoms with E-state index in [2.05, 4.69) is 5.32 Å². The molecule has 1 aromatic rings. The minimum atomic E-state index is -0.901. The maximum Gasteiger partial charge on any atom is 0.318 e. The van der Waals surface area contributed by atoms with E-state index in [1.807, 2.05) is 6.92 Å². The molecule has 3 rings (SSSR count). The summed E-state index contributed by atoms with van der Waals surface area (Å²) in [4.78, 5) is 39.5. The number of aliphatic carboxylic acids is 1. The van der Waals surface area contributed by atoms with Gasteiger partial charge < -0.3 is 20.2 Å². The molecule has 2 aliphatic rings. The van der Waals surface area contributed by atoms with Crippen LogP contribution in [0, 0.1) is 17.7 Å². The predicted molar refractivity (Wildman–Crippen MR) is 95.2 cm³/mol. The summed E-state index contributed by atoms with van der Waals surface area (Å²) in [5, 5.41) is 12.0. The van der Waals surface area contributed by atoms with E-state index >= 15 is 0 Å². The Morgan fingerprint density at radius 3 is 2.63 bits per heavy atom. The second-order valence-electron chi connectivity index (χ2n) is 7.46. The Kier molecular flexibility index (Phi) is 5.62. The molecular weight excluding hydrogens is 353 g/mol. The third-order valence-electron chi connectivity index (χ3n) is 5.18. The highest BCUT2D eigenvalue weighted by molar-refractivity contribution is 5.88. The number of halogens is 1. The predicted octanol–water partition coefficient (Wildman–Crippen LogP) is 1.68. The third-order valence-corrected chi connectivity index (χ3v) is 5.18. The van der Waals surface area contributed by atoms with Crippen LogP contribution in [0.4, 0.5) is 9.18 Å². The number of carboxylic acid groups (broad SMARTS) is 1. The molecule has 2 aliphatic heterocycles. The molecular formula is C19H24FN3O4. The summed E-state index contributed by atoms with van der Waals surface area (Å²) >= 11 is 0. The van der Waals surface area contributed by atoms with E-state index in [4.69, 9.17) is 0 Å². The number of carbonyl (C=O) groups is 3. The van der Waals surface area contributed by atoms with Gasteiger partial charge in [0.15, 0.2) is 0 Å². The number of piperidine rings is 1. The first kappa shape index (κ1) is 19.1. The van der Waals surface area contributed by atoms with Gasteiger partial charge in [0.2, 0.25) is 5.91 Å². The normalized spacial score (nSPS) is 25.6. The Balaban J connectivity index is 1.56. The van der Waals surface area contributed by atoms with E-state index < -0.39 is 24.0 Å². The third kappa shape index (κ3) is 4.56. The van der Waals surface area contributed by atoms with Crippen molar-refractivity contribution in [3.8, 4) is 0 Å². The molecule has 0 spiro atoms. The van der Waals surface area contributed by atoms with Gasteiger partial charge in [-0.25, -0.2) is 9.18 Å². The zero-order valence-corrected chi connectivity index (χ0v) is 15.2. The van der Waals surface area contributed by atoms with Crippen LogP contribution in [0.15, 0.2) is 24.3 Å². The van der Waals surface area contributed by atoms with E-state index in [0.717, 1.165) is 5.56 Å². The molecule has 0 aromatic heterocycles. The lowest BCUT2D eigenvalue weighted by Gasteiger charge is -2.35. The van der Waals surface area contributed by atoms with Crippen LogP contribution in [0.25, 0.3) is 0 Å². The molecule has 1 aromatic carbocycles. The second kappa shape index (κ2) is 7.94. The highest BCUT2D eigenvalue weighted by Crippen LogP contribution is 2.22. The fourth-order valence-electron chi connectivity index (χ4n) is 3.78. The van der Waals surface area contributed by atoms with Crippen molar-refractivity contribution in [3.05, 3.63) is 35.6 Å². The van der Waals surface area contributed by atoms with Gasteiger partial charge in [-0.2, -0.15) is 0 Å². The fraction of sp³-hybridized carbons (Fsp3) is 0.526. The SMILES string of the molecule is CC1CC(C(=O)O)CN(C(=O)NC2CCN(Cc3ccc(F)cc3)C2=O)C1. The number of likely N-dealkylation sites (tertiary alicyclic amines) is 2. The van der Waals surface area contributed by atoms with Gasteiger partial charge in [0.1, 0.15) is 11.9 Å². The Bertz CT molecular complexity index is 724. The molecule has 2 fully saturated rings. The van der Waals surface area contributed by atoms with Crippen LogP contribution in [0.2, 0.25) is 0 Å². The van der Waals surface area contributed by atoms with Gasteiger partial charge in [-0.15, -0.1) is 0 Å². The van der Waals surface area contributed by atoms with Crippen LogP contribution in [0.5, 0.6) is 0 Å². The Labute approximate surface area is 157 Å². The summed E-state index contributed by atoms with van der Waals surface area (Å²) in [5.41, 5.74) is 0.825. The van der Waals surface area contributed by atoms with Crippen LogP contribution in [0.1, 0.15) is 25.3 Å². The largest absolute Gasteiger partial charge is 0.481 e. The number of amides is 3. The zero-order valence-electron chi connectivity index (χ0n) is 15.2. The molecule has 0 radical (unpaired) electrons. The zero-order chi connectivity index (χ0) is 19.6. The van der Waals surface area contributed by atoms with Gasteiger partial charge in [-0.1, -0.05) is 19.1 Å². The molecule has 7 nitrogen and oxygen atoms in total. The van der Waals surface area contributed by atoms with Crippen molar-refractivity contribution < 1.29 is 23.9 Å². The maximum atomic E-state index is 13.0. The summed E-state index contributed by atoms with van der Waals surface area (Å²) in [6.45, 7) is 3.44. The molecule has 2 heterocycles. The van der Waals surface area contributed by atoms with Gasteiger partial charge in [-0.05, 0) is 36.5 Å². The lowest BCUT2D eigenvalue weighted by Crippen LogP contribution is -2.53. The minimum Gasteiger partial charge on any atom is -0.481 e. The number of rotatable bonds is 4. The van der Waals surface area contributed by atoms with E-state index in [-0.39, 0.29) is 24.2 Å². The quantitative estimate of drug-likeness (QED) is 0.835. The van der Waals surface area contributed by atoms with Gasteiger partial charge in [0.25, 0.3) is 0 Å². The monoisotopic (exact) mass is 377 g/mol. The van der Waals surface area contributed by atoms with Crippen molar-refractivity contribution in [1.82, 2.24) is 15.1 Å². The Morgan fingerprint density at radius 2 is 1.96 bits per heavy atom. The summed E-state index contributed by atoms with van der Waals surface area (Å²) < 4.78 is 13.0. The van der Waals surface area contributed by atoms with Crippen molar-refractivity contribution >= 4 is 17.9 Å². The van der Waals surface area contributed by atoms with E-state index in [1.54, 1.807) is 17.0 Å². The lowest BCUT2D eigenvalue weighted by atomic mass is 9.91. The smallest absolute Gasteiger partial charge is 0.318 e. The van der Waals surface area contributed by atoms with Gasteiger partial charge in [0, 0.05) is 26.2 Å². The standard InChI is InChI=1S/C19H24FN3O4/c1-12-8-14(18(25)26)11-23(9-12)19(27)21-16-6-7-22(17(16)24)10-13-2-4-15(20)5-3-13/h2-5,12,14,16H,6-11H2,1H3,(H,21,27)(H,25,26). The first-order valence-corrected chi connectivity index (χ1v) is 9.15. The average molecular weight is 377 g/mol. The molecule has 2 saturated heterocycles. The number of urea groups is 1. The van der Waals surface area contributed by atoms with Crippen LogP contribution < -0.4 is 5.32 Å². The van der Waals surface area contributed by atoms with Gasteiger partial charge >= 0.3 is 12.0 Å². The molecule has 27 heavy (non-hydrogen) atoms.